The molecular weight excluding hydrogens is 287 g/mol. The Hall–Kier alpha value is -1.65. The summed E-state index contributed by atoms with van der Waals surface area (Å²) >= 11 is 12.1. The maximum absolute atomic E-state index is 11.7. The molecule has 98 valence electrons. The summed E-state index contributed by atoms with van der Waals surface area (Å²) in [5.74, 6) is -0.392. The smallest absolute Gasteiger partial charge is 0.211 e. The molecule has 2 rings (SSSR count). The minimum absolute atomic E-state index is 0.123. The predicted molar refractivity (Wildman–Crippen MR) is 74.6 cm³/mol. The van der Waals surface area contributed by atoms with Crippen LogP contribution in [0.1, 0.15) is 23.1 Å². The van der Waals surface area contributed by atoms with E-state index in [1.165, 1.54) is 17.7 Å². The van der Waals surface area contributed by atoms with Gasteiger partial charge in [0.2, 0.25) is 5.43 Å². The molecule has 4 nitrogen and oxygen atoms in total. The fraction of sp³-hybridized carbons (Fsp3) is 0.154. The third-order valence-corrected chi connectivity index (χ3v) is 3.41. The molecule has 0 aliphatic carbocycles. The number of hydrogen-bond donors (Lipinski definition) is 0. The number of hydrogen-bond acceptors (Lipinski definition) is 3. The summed E-state index contributed by atoms with van der Waals surface area (Å²) in [6, 6.07) is 6.43. The largest absolute Gasteiger partial charge is 0.293 e. The zero-order chi connectivity index (χ0) is 14.2. The molecule has 1 aromatic heterocycles. The average Bonchev–Trinajstić information content (AvgIpc) is 2.33. The summed E-state index contributed by atoms with van der Waals surface area (Å²) in [4.78, 5) is 23.0. The number of halogens is 2. The Bertz CT molecular complexity index is 723. The number of carbonyl (C=O) groups is 1. The molecule has 1 aromatic carbocycles. The van der Waals surface area contributed by atoms with Crippen LogP contribution in [0.5, 0.6) is 0 Å². The molecule has 2 aromatic rings. The minimum atomic E-state index is -0.403. The third kappa shape index (κ3) is 2.55. The fourth-order valence-electron chi connectivity index (χ4n) is 1.69. The second-order valence-electron chi connectivity index (χ2n) is 4.04. The number of Topliss-reactive ketones (excluding diaryl/α,β-unsaturated/α-hetero) is 1. The van der Waals surface area contributed by atoms with Gasteiger partial charge in [-0.1, -0.05) is 29.3 Å². The molecule has 0 bridgehead atoms. The van der Waals surface area contributed by atoms with Crippen LogP contribution in [0.3, 0.4) is 0 Å². The molecule has 0 aliphatic rings. The first kappa shape index (κ1) is 13.8. The molecule has 0 amide bonds. The van der Waals surface area contributed by atoms with Gasteiger partial charge >= 0.3 is 0 Å². The molecule has 1 heterocycles. The number of aryl methyl sites for hydroxylation is 1. The molecule has 0 saturated carbocycles. The highest BCUT2D eigenvalue weighted by Gasteiger charge is 2.14. The second kappa shape index (κ2) is 5.15. The molecule has 0 fully saturated rings. The standard InChI is InChI=1S/C13H10Cl2N2O2/c1-7-6-11(19)13(8(2)18)16-17(7)10-5-3-4-9(14)12(10)15/h3-6H,1-2H3. The maximum Gasteiger partial charge on any atom is 0.211 e. The van der Waals surface area contributed by atoms with Crippen LogP contribution in [0, 0.1) is 6.92 Å². The highest BCUT2D eigenvalue weighted by molar-refractivity contribution is 6.43. The van der Waals surface area contributed by atoms with E-state index < -0.39 is 11.2 Å². The summed E-state index contributed by atoms with van der Waals surface area (Å²) in [6.45, 7) is 3.00. The van der Waals surface area contributed by atoms with Gasteiger partial charge in [0.25, 0.3) is 0 Å². The summed E-state index contributed by atoms with van der Waals surface area (Å²) < 4.78 is 1.44. The van der Waals surface area contributed by atoms with Crippen molar-refractivity contribution in [1.82, 2.24) is 9.78 Å². The molecule has 0 atom stereocenters. The number of carbonyl (C=O) groups excluding carboxylic acids is 1. The van der Waals surface area contributed by atoms with E-state index in [1.54, 1.807) is 25.1 Å². The van der Waals surface area contributed by atoms with Crippen molar-refractivity contribution in [2.45, 2.75) is 13.8 Å². The van der Waals surface area contributed by atoms with E-state index in [-0.39, 0.29) is 5.69 Å². The molecule has 0 N–H and O–H groups in total. The van der Waals surface area contributed by atoms with Gasteiger partial charge in [-0.25, -0.2) is 4.68 Å². The fourth-order valence-corrected chi connectivity index (χ4v) is 2.07. The van der Waals surface area contributed by atoms with Crippen LogP contribution in [0.2, 0.25) is 10.0 Å². The first-order valence-electron chi connectivity index (χ1n) is 5.48. The second-order valence-corrected chi connectivity index (χ2v) is 4.82. The van der Waals surface area contributed by atoms with E-state index in [1.807, 2.05) is 0 Å². The average molecular weight is 297 g/mol. The van der Waals surface area contributed by atoms with Gasteiger partial charge in [0.1, 0.15) is 0 Å². The Kier molecular flexibility index (Phi) is 3.73. The summed E-state index contributed by atoms with van der Waals surface area (Å²) in [5.41, 5.74) is 0.564. The van der Waals surface area contributed by atoms with Crippen LogP contribution >= 0.6 is 23.2 Å². The molecule has 19 heavy (non-hydrogen) atoms. The van der Waals surface area contributed by atoms with E-state index in [2.05, 4.69) is 5.10 Å². The molecule has 6 heteroatoms. The van der Waals surface area contributed by atoms with Crippen molar-refractivity contribution in [2.24, 2.45) is 0 Å². The van der Waals surface area contributed by atoms with Crippen LogP contribution in [0.4, 0.5) is 0 Å². The van der Waals surface area contributed by atoms with Gasteiger partial charge in [-0.2, -0.15) is 5.10 Å². The summed E-state index contributed by atoms with van der Waals surface area (Å²) in [7, 11) is 0. The lowest BCUT2D eigenvalue weighted by Crippen LogP contribution is -2.21. The first-order chi connectivity index (χ1) is 8.91. The zero-order valence-corrected chi connectivity index (χ0v) is 11.8. The van der Waals surface area contributed by atoms with E-state index in [0.717, 1.165) is 0 Å². The number of aromatic nitrogens is 2. The SMILES string of the molecule is CC(=O)c1nn(-c2cccc(Cl)c2Cl)c(C)cc1=O. The van der Waals surface area contributed by atoms with E-state index in [0.29, 0.717) is 21.4 Å². The maximum atomic E-state index is 11.7. The van der Waals surface area contributed by atoms with Gasteiger partial charge in [0.05, 0.1) is 15.7 Å². The van der Waals surface area contributed by atoms with Gasteiger partial charge in [0, 0.05) is 18.7 Å². The van der Waals surface area contributed by atoms with Crippen molar-refractivity contribution >= 4 is 29.0 Å². The van der Waals surface area contributed by atoms with Gasteiger partial charge in [0.15, 0.2) is 11.5 Å². The lowest BCUT2D eigenvalue weighted by molar-refractivity contribution is 0.101. The van der Waals surface area contributed by atoms with Crippen molar-refractivity contribution in [3.8, 4) is 5.69 Å². The van der Waals surface area contributed by atoms with Crippen molar-refractivity contribution < 1.29 is 4.79 Å². The normalized spacial score (nSPS) is 10.5. The van der Waals surface area contributed by atoms with Crippen LogP contribution in [-0.2, 0) is 0 Å². The topological polar surface area (TPSA) is 52.0 Å². The van der Waals surface area contributed by atoms with E-state index in [9.17, 15) is 9.59 Å². The van der Waals surface area contributed by atoms with Gasteiger partial charge in [-0.3, -0.25) is 9.59 Å². The van der Waals surface area contributed by atoms with Crippen molar-refractivity contribution in [2.75, 3.05) is 0 Å². The lowest BCUT2D eigenvalue weighted by atomic mass is 10.2. The van der Waals surface area contributed by atoms with Crippen molar-refractivity contribution in [3.05, 3.63) is 55.9 Å². The first-order valence-corrected chi connectivity index (χ1v) is 6.23. The third-order valence-electron chi connectivity index (χ3n) is 2.60. The predicted octanol–water partition coefficient (Wildman–Crippen LogP) is 3.05. The Morgan fingerprint density at radius 3 is 2.63 bits per heavy atom. The Morgan fingerprint density at radius 2 is 2.00 bits per heavy atom. The Morgan fingerprint density at radius 1 is 1.32 bits per heavy atom. The van der Waals surface area contributed by atoms with Crippen molar-refractivity contribution in [1.29, 1.82) is 0 Å². The summed E-state index contributed by atoms with van der Waals surface area (Å²) in [5, 5.41) is 4.75. The Balaban J connectivity index is 2.76. The number of ketones is 1. The van der Waals surface area contributed by atoms with Crippen LogP contribution in [0.25, 0.3) is 5.69 Å². The quantitative estimate of drug-likeness (QED) is 0.801. The zero-order valence-electron chi connectivity index (χ0n) is 10.3. The van der Waals surface area contributed by atoms with Crippen LogP contribution in [0.15, 0.2) is 29.1 Å². The molecular formula is C13H10Cl2N2O2. The highest BCUT2D eigenvalue weighted by atomic mass is 35.5. The van der Waals surface area contributed by atoms with Gasteiger partial charge in [-0.15, -0.1) is 0 Å². The van der Waals surface area contributed by atoms with Crippen LogP contribution < -0.4 is 5.43 Å². The number of nitrogens with zero attached hydrogens (tertiary/aromatic N) is 2. The molecule has 0 aliphatic heterocycles. The monoisotopic (exact) mass is 296 g/mol. The molecule has 0 radical (unpaired) electrons. The molecule has 0 unspecified atom stereocenters. The van der Waals surface area contributed by atoms with Gasteiger partial charge in [-0.05, 0) is 19.1 Å². The van der Waals surface area contributed by atoms with Crippen molar-refractivity contribution in [3.63, 3.8) is 0 Å². The lowest BCUT2D eigenvalue weighted by Gasteiger charge is -2.12. The minimum Gasteiger partial charge on any atom is -0.293 e. The number of rotatable bonds is 2. The Labute approximate surface area is 119 Å². The van der Waals surface area contributed by atoms with E-state index in [4.69, 9.17) is 23.2 Å². The molecule has 0 saturated heterocycles. The molecule has 0 spiro atoms. The van der Waals surface area contributed by atoms with Crippen LogP contribution in [-0.4, -0.2) is 15.6 Å². The highest BCUT2D eigenvalue weighted by Crippen LogP contribution is 2.28. The van der Waals surface area contributed by atoms with E-state index >= 15 is 0 Å². The summed E-state index contributed by atoms with van der Waals surface area (Å²) in [6.07, 6.45) is 0. The van der Waals surface area contributed by atoms with Gasteiger partial charge < -0.3 is 0 Å². The number of benzene rings is 1.